The van der Waals surface area contributed by atoms with E-state index in [9.17, 15) is 14.7 Å². The predicted molar refractivity (Wildman–Crippen MR) is 88.8 cm³/mol. The van der Waals surface area contributed by atoms with E-state index in [2.05, 4.69) is 5.32 Å². The van der Waals surface area contributed by atoms with E-state index in [0.717, 1.165) is 36.8 Å². The van der Waals surface area contributed by atoms with Crippen LogP contribution in [0, 0.1) is 0 Å². The first kappa shape index (κ1) is 16.0. The number of carbonyl (C=O) groups is 2. The van der Waals surface area contributed by atoms with Crippen LogP contribution in [0.4, 0.5) is 10.5 Å². The molecule has 0 bridgehead atoms. The number of amides is 2. The van der Waals surface area contributed by atoms with Crippen LogP contribution in [0.5, 0.6) is 0 Å². The number of nitrogens with one attached hydrogen (secondary N) is 1. The topological polar surface area (TPSA) is 69.6 Å². The molecule has 3 rings (SSSR count). The Kier molecular flexibility index (Phi) is 4.15. The van der Waals surface area contributed by atoms with E-state index in [1.54, 1.807) is 24.8 Å². The highest BCUT2D eigenvalue weighted by molar-refractivity contribution is 6.00. The minimum atomic E-state index is -0.917. The van der Waals surface area contributed by atoms with Gasteiger partial charge in [0.05, 0.1) is 11.6 Å². The first-order valence-corrected chi connectivity index (χ1v) is 8.32. The normalized spacial score (nSPS) is 21.3. The molecule has 1 fully saturated rings. The van der Waals surface area contributed by atoms with E-state index in [1.165, 1.54) is 0 Å². The van der Waals surface area contributed by atoms with Gasteiger partial charge in [-0.15, -0.1) is 0 Å². The Balaban J connectivity index is 1.76. The highest BCUT2D eigenvalue weighted by Gasteiger charge is 2.38. The Morgan fingerprint density at radius 3 is 2.83 bits per heavy atom. The van der Waals surface area contributed by atoms with Crippen molar-refractivity contribution < 1.29 is 14.7 Å². The molecule has 23 heavy (non-hydrogen) atoms. The number of hydrogen-bond acceptors (Lipinski definition) is 3. The third-order valence-corrected chi connectivity index (χ3v) is 4.84. The second kappa shape index (κ2) is 5.96. The second-order valence-corrected chi connectivity index (χ2v) is 7.08. The zero-order valence-electron chi connectivity index (χ0n) is 13.8. The molecule has 2 amide bonds. The van der Waals surface area contributed by atoms with Crippen LogP contribution in [0.15, 0.2) is 18.2 Å². The summed E-state index contributed by atoms with van der Waals surface area (Å²) in [6.07, 6.45) is 4.10. The summed E-state index contributed by atoms with van der Waals surface area (Å²) in [5.41, 5.74) is 1.52. The van der Waals surface area contributed by atoms with Gasteiger partial charge < -0.3 is 15.3 Å². The molecule has 1 aliphatic carbocycles. The lowest BCUT2D eigenvalue weighted by atomic mass is 9.90. The van der Waals surface area contributed by atoms with Crippen LogP contribution >= 0.6 is 0 Å². The molecule has 0 spiro atoms. The first-order valence-electron chi connectivity index (χ1n) is 8.32. The number of fused-ring (bicyclic) bond motifs is 1. The van der Waals surface area contributed by atoms with Gasteiger partial charge in [0, 0.05) is 24.2 Å². The summed E-state index contributed by atoms with van der Waals surface area (Å²) in [5.74, 6) is 0.151. The van der Waals surface area contributed by atoms with Gasteiger partial charge >= 0.3 is 6.03 Å². The Bertz CT molecular complexity index is 634. The van der Waals surface area contributed by atoms with Crippen LogP contribution in [-0.2, 0) is 6.42 Å². The molecule has 1 atom stereocenters. The summed E-state index contributed by atoms with van der Waals surface area (Å²) < 4.78 is 0. The quantitative estimate of drug-likeness (QED) is 0.881. The maximum atomic E-state index is 12.5. The van der Waals surface area contributed by atoms with Crippen molar-refractivity contribution in [3.05, 3.63) is 29.3 Å². The Labute approximate surface area is 136 Å². The lowest BCUT2D eigenvalue weighted by Crippen LogP contribution is -2.49. The van der Waals surface area contributed by atoms with Crippen molar-refractivity contribution in [2.24, 2.45) is 0 Å². The van der Waals surface area contributed by atoms with Gasteiger partial charge in [0.1, 0.15) is 0 Å². The molecule has 5 nitrogen and oxygen atoms in total. The number of nitrogens with zero attached hydrogens (tertiary/aromatic N) is 1. The number of aliphatic hydroxyl groups is 1. The van der Waals surface area contributed by atoms with E-state index < -0.39 is 5.60 Å². The lowest BCUT2D eigenvalue weighted by Gasteiger charge is -2.33. The number of likely N-dealkylation sites (tertiary alicyclic amines) is 1. The smallest absolute Gasteiger partial charge is 0.322 e. The van der Waals surface area contributed by atoms with E-state index >= 15 is 0 Å². The van der Waals surface area contributed by atoms with Crippen LogP contribution in [0.2, 0.25) is 0 Å². The fourth-order valence-corrected chi connectivity index (χ4v) is 3.65. The first-order chi connectivity index (χ1) is 10.9. The van der Waals surface area contributed by atoms with Crippen LogP contribution in [0.1, 0.15) is 55.5 Å². The minimum Gasteiger partial charge on any atom is -0.388 e. The standard InChI is InChI=1S/C18H24N2O3/c1-18(2,23)16-7-4-10-20(16)17(22)19-13-9-8-12-5-3-6-15(21)14(12)11-13/h8-9,11,16,23H,3-7,10H2,1-2H3,(H,19,22). The number of aryl methyl sites for hydroxylation is 1. The van der Waals surface area contributed by atoms with Gasteiger partial charge in [-0.2, -0.15) is 0 Å². The van der Waals surface area contributed by atoms with Crippen molar-refractivity contribution in [3.63, 3.8) is 0 Å². The zero-order valence-corrected chi connectivity index (χ0v) is 13.8. The Hall–Kier alpha value is -1.88. The summed E-state index contributed by atoms with van der Waals surface area (Å²) >= 11 is 0. The summed E-state index contributed by atoms with van der Waals surface area (Å²) in [6.45, 7) is 4.12. The molecular formula is C18H24N2O3. The molecule has 2 N–H and O–H groups in total. The van der Waals surface area contributed by atoms with E-state index in [4.69, 9.17) is 0 Å². The molecule has 5 heteroatoms. The largest absolute Gasteiger partial charge is 0.388 e. The molecule has 2 aliphatic rings. The van der Waals surface area contributed by atoms with Crippen LogP contribution < -0.4 is 5.32 Å². The lowest BCUT2D eigenvalue weighted by molar-refractivity contribution is 0.0117. The monoisotopic (exact) mass is 316 g/mol. The molecule has 1 saturated heterocycles. The van der Waals surface area contributed by atoms with Crippen molar-refractivity contribution in [1.29, 1.82) is 0 Å². The van der Waals surface area contributed by atoms with Crippen molar-refractivity contribution in [2.45, 2.75) is 57.6 Å². The van der Waals surface area contributed by atoms with E-state index in [1.807, 2.05) is 12.1 Å². The number of anilines is 1. The highest BCUT2D eigenvalue weighted by Crippen LogP contribution is 2.28. The number of carbonyl (C=O) groups excluding carboxylic acids is 2. The van der Waals surface area contributed by atoms with Crippen LogP contribution in [0.25, 0.3) is 0 Å². The van der Waals surface area contributed by atoms with Gasteiger partial charge in [-0.1, -0.05) is 6.07 Å². The molecule has 0 aromatic heterocycles. The Morgan fingerprint density at radius 2 is 2.09 bits per heavy atom. The fourth-order valence-electron chi connectivity index (χ4n) is 3.65. The second-order valence-electron chi connectivity index (χ2n) is 7.08. The number of benzene rings is 1. The third-order valence-electron chi connectivity index (χ3n) is 4.84. The third kappa shape index (κ3) is 3.24. The van der Waals surface area contributed by atoms with Crippen molar-refractivity contribution >= 4 is 17.5 Å². The number of ketones is 1. The molecule has 0 saturated carbocycles. The molecule has 1 unspecified atom stereocenters. The van der Waals surface area contributed by atoms with E-state index in [0.29, 0.717) is 18.7 Å². The average Bonchev–Trinajstić information content (AvgIpc) is 2.98. The SMILES string of the molecule is CC(C)(O)C1CCCN1C(=O)Nc1ccc2c(c1)C(=O)CCC2. The van der Waals surface area contributed by atoms with Crippen molar-refractivity contribution in [3.8, 4) is 0 Å². The van der Waals surface area contributed by atoms with Gasteiger partial charge in [-0.25, -0.2) is 4.79 Å². The van der Waals surface area contributed by atoms with Gasteiger partial charge in [-0.05, 0) is 57.2 Å². The van der Waals surface area contributed by atoms with Gasteiger partial charge in [0.25, 0.3) is 0 Å². The van der Waals surface area contributed by atoms with Gasteiger partial charge in [0.15, 0.2) is 5.78 Å². The Morgan fingerprint density at radius 1 is 1.30 bits per heavy atom. The van der Waals surface area contributed by atoms with Crippen LogP contribution in [0.3, 0.4) is 0 Å². The van der Waals surface area contributed by atoms with Crippen LogP contribution in [-0.4, -0.2) is 40.0 Å². The van der Waals surface area contributed by atoms with Crippen molar-refractivity contribution in [1.82, 2.24) is 4.90 Å². The predicted octanol–water partition coefficient (Wildman–Crippen LogP) is 2.97. The van der Waals surface area contributed by atoms with Crippen molar-refractivity contribution in [2.75, 3.05) is 11.9 Å². The number of urea groups is 1. The summed E-state index contributed by atoms with van der Waals surface area (Å²) in [5, 5.41) is 13.1. The molecule has 0 radical (unpaired) electrons. The average molecular weight is 316 g/mol. The molecule has 1 aromatic carbocycles. The minimum absolute atomic E-state index is 0.151. The fraction of sp³-hybridized carbons (Fsp3) is 0.556. The number of rotatable bonds is 2. The zero-order chi connectivity index (χ0) is 16.6. The molecule has 1 aliphatic heterocycles. The molecular weight excluding hydrogens is 292 g/mol. The maximum absolute atomic E-state index is 12.5. The van der Waals surface area contributed by atoms with Gasteiger partial charge in [-0.3, -0.25) is 4.79 Å². The maximum Gasteiger partial charge on any atom is 0.322 e. The highest BCUT2D eigenvalue weighted by atomic mass is 16.3. The van der Waals surface area contributed by atoms with E-state index in [-0.39, 0.29) is 17.9 Å². The molecule has 124 valence electrons. The molecule has 1 heterocycles. The summed E-state index contributed by atoms with van der Waals surface area (Å²) in [4.78, 5) is 26.2. The summed E-state index contributed by atoms with van der Waals surface area (Å²) in [6, 6.07) is 5.17. The number of Topliss-reactive ketones (excluding diaryl/α,β-unsaturated/α-hetero) is 1. The summed E-state index contributed by atoms with van der Waals surface area (Å²) in [7, 11) is 0. The molecule has 1 aromatic rings. The van der Waals surface area contributed by atoms with Gasteiger partial charge in [0.2, 0.25) is 0 Å². The number of hydrogen-bond donors (Lipinski definition) is 2.